The lowest BCUT2D eigenvalue weighted by molar-refractivity contribution is 0.704. The van der Waals surface area contributed by atoms with Crippen LogP contribution in [0.25, 0.3) is 0 Å². The summed E-state index contributed by atoms with van der Waals surface area (Å²) in [5, 5.41) is 7.87. The highest BCUT2D eigenvalue weighted by Crippen LogP contribution is 2.36. The Balaban J connectivity index is 2.46. The molecule has 1 fully saturated rings. The second-order valence-electron chi connectivity index (χ2n) is 3.04. The Hall–Kier alpha value is -0.970. The maximum Gasteiger partial charge on any atom is 0.191 e. The van der Waals surface area contributed by atoms with E-state index >= 15 is 0 Å². The van der Waals surface area contributed by atoms with E-state index in [-0.39, 0.29) is 0 Å². The van der Waals surface area contributed by atoms with Crippen molar-refractivity contribution in [1.29, 1.82) is 0 Å². The highest BCUT2D eigenvalue weighted by atomic mass is 32.1. The lowest BCUT2D eigenvalue weighted by Gasteiger charge is -2.03. The first-order valence-electron chi connectivity index (χ1n) is 3.91. The third kappa shape index (κ3) is 1.10. The molecule has 5 heteroatoms. The van der Waals surface area contributed by atoms with Crippen molar-refractivity contribution >= 4 is 17.2 Å². The van der Waals surface area contributed by atoms with Crippen LogP contribution in [0.3, 0.4) is 0 Å². The van der Waals surface area contributed by atoms with E-state index < -0.39 is 0 Å². The van der Waals surface area contributed by atoms with Crippen LogP contribution in [0.5, 0.6) is 0 Å². The Bertz CT molecular complexity index is 326. The molecule has 0 radical (unpaired) electrons. The molecule has 0 unspecified atom stereocenters. The summed E-state index contributed by atoms with van der Waals surface area (Å²) in [6.45, 7) is 1.92. The van der Waals surface area contributed by atoms with Gasteiger partial charge in [0.25, 0.3) is 0 Å². The molecule has 0 spiro atoms. The highest BCUT2D eigenvalue weighted by molar-refractivity contribution is 7.80. The maximum atomic E-state index is 5.50. The topological polar surface area (TPSA) is 56.7 Å². The van der Waals surface area contributed by atoms with Crippen molar-refractivity contribution in [3.8, 4) is 0 Å². The Morgan fingerprint density at radius 2 is 2.25 bits per heavy atom. The lowest BCUT2D eigenvalue weighted by atomic mass is 10.5. The average molecular weight is 182 g/mol. The zero-order valence-electron chi connectivity index (χ0n) is 6.82. The molecule has 0 aromatic carbocycles. The van der Waals surface area contributed by atoms with Crippen LogP contribution in [0.1, 0.15) is 30.5 Å². The highest BCUT2D eigenvalue weighted by Gasteiger charge is 2.28. The van der Waals surface area contributed by atoms with Crippen molar-refractivity contribution in [2.75, 3.05) is 0 Å². The van der Waals surface area contributed by atoms with Gasteiger partial charge in [0.05, 0.1) is 0 Å². The maximum absolute atomic E-state index is 5.50. The van der Waals surface area contributed by atoms with Crippen molar-refractivity contribution in [1.82, 2.24) is 14.8 Å². The number of rotatable bonds is 2. The molecule has 1 aliphatic rings. The summed E-state index contributed by atoms with van der Waals surface area (Å²) >= 11 is 4.86. The molecule has 0 atom stereocenters. The van der Waals surface area contributed by atoms with Gasteiger partial charge in [0, 0.05) is 6.04 Å². The quantitative estimate of drug-likeness (QED) is 0.679. The molecular weight excluding hydrogens is 172 g/mol. The molecule has 1 aliphatic carbocycles. The molecule has 12 heavy (non-hydrogen) atoms. The van der Waals surface area contributed by atoms with Gasteiger partial charge in [-0.3, -0.25) is 0 Å². The molecule has 1 aromatic heterocycles. The van der Waals surface area contributed by atoms with E-state index in [9.17, 15) is 0 Å². The van der Waals surface area contributed by atoms with Gasteiger partial charge in [0.2, 0.25) is 0 Å². The first kappa shape index (κ1) is 7.67. The van der Waals surface area contributed by atoms with Crippen LogP contribution in [-0.4, -0.2) is 19.8 Å². The van der Waals surface area contributed by atoms with Crippen molar-refractivity contribution < 1.29 is 0 Å². The van der Waals surface area contributed by atoms with Gasteiger partial charge in [0.15, 0.2) is 5.82 Å². The molecule has 64 valence electrons. The van der Waals surface area contributed by atoms with Crippen LogP contribution in [0.4, 0.5) is 0 Å². The number of hydrogen-bond acceptors (Lipinski definition) is 3. The number of aromatic nitrogens is 3. The lowest BCUT2D eigenvalue weighted by Crippen LogP contribution is -2.17. The summed E-state index contributed by atoms with van der Waals surface area (Å²) in [4.78, 5) is 0.336. The SMILES string of the molecule is Cc1nnc(C(N)=S)n1C1CC1. The molecule has 0 amide bonds. The molecule has 2 N–H and O–H groups in total. The van der Waals surface area contributed by atoms with Crippen LogP contribution in [0.15, 0.2) is 0 Å². The first-order chi connectivity index (χ1) is 5.70. The Morgan fingerprint density at radius 3 is 2.75 bits per heavy atom. The zero-order valence-corrected chi connectivity index (χ0v) is 7.64. The zero-order chi connectivity index (χ0) is 8.72. The molecule has 0 saturated heterocycles. The van der Waals surface area contributed by atoms with E-state index in [1.807, 2.05) is 11.5 Å². The van der Waals surface area contributed by atoms with Gasteiger partial charge in [-0.1, -0.05) is 12.2 Å². The third-order valence-corrected chi connectivity index (χ3v) is 2.18. The van der Waals surface area contributed by atoms with Crippen molar-refractivity contribution in [2.24, 2.45) is 5.73 Å². The van der Waals surface area contributed by atoms with E-state index in [1.165, 1.54) is 12.8 Å². The first-order valence-corrected chi connectivity index (χ1v) is 4.32. The minimum Gasteiger partial charge on any atom is -0.387 e. The standard InChI is InChI=1S/C7H10N4S/c1-4-9-10-7(6(8)12)11(4)5-2-3-5/h5H,2-3H2,1H3,(H2,8,12). The normalized spacial score (nSPS) is 16.4. The summed E-state index contributed by atoms with van der Waals surface area (Å²) in [5.41, 5.74) is 5.50. The Morgan fingerprint density at radius 1 is 1.58 bits per heavy atom. The van der Waals surface area contributed by atoms with Crippen LogP contribution in [0.2, 0.25) is 0 Å². The van der Waals surface area contributed by atoms with Crippen LogP contribution < -0.4 is 5.73 Å². The minimum absolute atomic E-state index is 0.336. The van der Waals surface area contributed by atoms with E-state index in [0.717, 1.165) is 5.82 Å². The monoisotopic (exact) mass is 182 g/mol. The fourth-order valence-corrected chi connectivity index (χ4v) is 1.45. The second-order valence-corrected chi connectivity index (χ2v) is 3.48. The Kier molecular flexibility index (Phi) is 1.61. The van der Waals surface area contributed by atoms with Gasteiger partial charge in [-0.05, 0) is 19.8 Å². The summed E-state index contributed by atoms with van der Waals surface area (Å²) in [6.07, 6.45) is 2.38. The Labute approximate surface area is 75.8 Å². The molecule has 1 aromatic rings. The molecule has 2 rings (SSSR count). The van der Waals surface area contributed by atoms with E-state index in [0.29, 0.717) is 16.9 Å². The van der Waals surface area contributed by atoms with E-state index in [4.69, 9.17) is 18.0 Å². The summed E-state index contributed by atoms with van der Waals surface area (Å²) < 4.78 is 2.03. The van der Waals surface area contributed by atoms with Crippen LogP contribution >= 0.6 is 12.2 Å². The molecule has 4 nitrogen and oxygen atoms in total. The smallest absolute Gasteiger partial charge is 0.191 e. The summed E-state index contributed by atoms with van der Waals surface area (Å²) in [6, 6.07) is 0.538. The van der Waals surface area contributed by atoms with Gasteiger partial charge in [-0.2, -0.15) is 0 Å². The molecular formula is C7H10N4S. The molecule has 1 saturated carbocycles. The van der Waals surface area contributed by atoms with Crippen molar-refractivity contribution in [3.63, 3.8) is 0 Å². The molecule has 0 aliphatic heterocycles. The second kappa shape index (κ2) is 2.52. The van der Waals surface area contributed by atoms with E-state index in [1.54, 1.807) is 0 Å². The number of nitrogens with two attached hydrogens (primary N) is 1. The predicted molar refractivity (Wildman–Crippen MR) is 48.9 cm³/mol. The van der Waals surface area contributed by atoms with Crippen LogP contribution in [-0.2, 0) is 0 Å². The molecule has 1 heterocycles. The van der Waals surface area contributed by atoms with Gasteiger partial charge in [-0.25, -0.2) is 0 Å². The number of thiocarbonyl (C=S) groups is 1. The van der Waals surface area contributed by atoms with Crippen LogP contribution in [0, 0.1) is 6.92 Å². The third-order valence-electron chi connectivity index (χ3n) is 2.00. The summed E-state index contributed by atoms with van der Waals surface area (Å²) in [5.74, 6) is 1.56. The number of aryl methyl sites for hydroxylation is 1. The van der Waals surface area contributed by atoms with Gasteiger partial charge in [0.1, 0.15) is 10.8 Å². The number of hydrogen-bond donors (Lipinski definition) is 1. The van der Waals surface area contributed by atoms with Gasteiger partial charge < -0.3 is 10.3 Å². The summed E-state index contributed by atoms with van der Waals surface area (Å²) in [7, 11) is 0. The van der Waals surface area contributed by atoms with Crippen molar-refractivity contribution in [3.05, 3.63) is 11.6 Å². The van der Waals surface area contributed by atoms with Gasteiger partial charge in [-0.15, -0.1) is 10.2 Å². The number of nitrogens with zero attached hydrogens (tertiary/aromatic N) is 3. The molecule has 0 bridgehead atoms. The fourth-order valence-electron chi connectivity index (χ4n) is 1.31. The predicted octanol–water partition coefficient (Wildman–Crippen LogP) is 0.556. The minimum atomic E-state index is 0.336. The van der Waals surface area contributed by atoms with E-state index in [2.05, 4.69) is 10.2 Å². The largest absolute Gasteiger partial charge is 0.387 e. The van der Waals surface area contributed by atoms with Crippen molar-refractivity contribution in [2.45, 2.75) is 25.8 Å². The fraction of sp³-hybridized carbons (Fsp3) is 0.571. The van der Waals surface area contributed by atoms with Gasteiger partial charge >= 0.3 is 0 Å². The average Bonchev–Trinajstić information content (AvgIpc) is 2.75.